The number of fused-ring (bicyclic) bond motifs is 1. The first-order chi connectivity index (χ1) is 10.8. The van der Waals surface area contributed by atoms with Crippen molar-refractivity contribution < 1.29 is 5.11 Å². The van der Waals surface area contributed by atoms with E-state index in [1.807, 2.05) is 36.4 Å². The van der Waals surface area contributed by atoms with Crippen molar-refractivity contribution in [3.8, 4) is 6.07 Å². The van der Waals surface area contributed by atoms with Gasteiger partial charge in [0.15, 0.2) is 0 Å². The van der Waals surface area contributed by atoms with Crippen molar-refractivity contribution in [3.05, 3.63) is 65.5 Å². The third-order valence-corrected chi connectivity index (χ3v) is 4.19. The second-order valence-electron chi connectivity index (χ2n) is 5.54. The molecule has 0 radical (unpaired) electrons. The smallest absolute Gasteiger partial charge is 0.0912 e. The van der Waals surface area contributed by atoms with Gasteiger partial charge in [-0.1, -0.05) is 30.3 Å². The Morgan fingerprint density at radius 2 is 2.09 bits per heavy atom. The van der Waals surface area contributed by atoms with Crippen molar-refractivity contribution >= 4 is 6.08 Å². The van der Waals surface area contributed by atoms with E-state index in [2.05, 4.69) is 28.1 Å². The molecular weight excluding hydrogens is 274 g/mol. The molecule has 0 bridgehead atoms. The highest BCUT2D eigenvalue weighted by Crippen LogP contribution is 2.34. The largest absolute Gasteiger partial charge is 0.396 e. The maximum absolute atomic E-state index is 9.67. The van der Waals surface area contributed by atoms with Crippen molar-refractivity contribution in [2.45, 2.75) is 19.1 Å². The summed E-state index contributed by atoms with van der Waals surface area (Å²) in [4.78, 5) is 0. The number of benzene rings is 1. The van der Waals surface area contributed by atoms with Gasteiger partial charge in [0, 0.05) is 43.1 Å². The Bertz CT molecular complexity index is 697. The normalized spacial score (nSPS) is 20.2. The first kappa shape index (κ1) is 14.6. The molecule has 1 aromatic carbocycles. The van der Waals surface area contributed by atoms with Gasteiger partial charge in [0.1, 0.15) is 0 Å². The minimum absolute atomic E-state index is 0.134. The number of rotatable bonds is 5. The summed E-state index contributed by atoms with van der Waals surface area (Å²) in [6.07, 6.45) is 3.30. The van der Waals surface area contributed by atoms with Crippen molar-refractivity contribution in [1.29, 1.82) is 5.26 Å². The van der Waals surface area contributed by atoms with Crippen LogP contribution in [0.15, 0.2) is 48.5 Å². The monoisotopic (exact) mass is 293 g/mol. The minimum Gasteiger partial charge on any atom is -0.396 e. The van der Waals surface area contributed by atoms with E-state index < -0.39 is 0 Å². The second-order valence-corrected chi connectivity index (χ2v) is 5.54. The molecule has 22 heavy (non-hydrogen) atoms. The number of hydrogen-bond acceptors (Lipinski definition) is 3. The number of hydrogen-bond donors (Lipinski definition) is 2. The maximum atomic E-state index is 9.67. The van der Waals surface area contributed by atoms with E-state index in [0.717, 1.165) is 18.8 Å². The van der Waals surface area contributed by atoms with E-state index in [4.69, 9.17) is 5.26 Å². The van der Waals surface area contributed by atoms with Gasteiger partial charge in [0.2, 0.25) is 0 Å². The van der Waals surface area contributed by atoms with E-state index in [1.165, 1.54) is 17.3 Å². The molecule has 1 aliphatic rings. The summed E-state index contributed by atoms with van der Waals surface area (Å²) in [5.41, 5.74) is 3.42. The van der Waals surface area contributed by atoms with Gasteiger partial charge < -0.3 is 15.0 Å². The quantitative estimate of drug-likeness (QED) is 0.833. The summed E-state index contributed by atoms with van der Waals surface area (Å²) in [5.74, 6) is 0.161. The fraction of sp³-hybridized carbons (Fsp3) is 0.278. The van der Waals surface area contributed by atoms with Crippen molar-refractivity contribution in [2.24, 2.45) is 5.92 Å². The molecule has 0 saturated heterocycles. The summed E-state index contributed by atoms with van der Waals surface area (Å²) in [6, 6.07) is 16.5. The van der Waals surface area contributed by atoms with Crippen LogP contribution in [0, 0.1) is 17.2 Å². The fourth-order valence-corrected chi connectivity index (χ4v) is 3.09. The van der Waals surface area contributed by atoms with Crippen molar-refractivity contribution in [1.82, 2.24) is 9.88 Å². The highest BCUT2D eigenvalue weighted by molar-refractivity contribution is 5.50. The van der Waals surface area contributed by atoms with Gasteiger partial charge >= 0.3 is 0 Å². The second kappa shape index (κ2) is 6.61. The standard InChI is InChI=1S/C18H19N3O/c19-10-4-7-16-8-9-17-18(15(13-22)12-21(16)17)20-11-14-5-2-1-3-6-14/h1-9,15,18,20,22H,11-13H2/b7-4+/t15-,18+/m0/s1. The summed E-state index contributed by atoms with van der Waals surface area (Å²) in [5, 5.41) is 21.9. The van der Waals surface area contributed by atoms with Gasteiger partial charge in [-0.05, 0) is 23.8 Å². The Labute approximate surface area is 130 Å². The molecule has 0 unspecified atom stereocenters. The topological polar surface area (TPSA) is 61.0 Å². The lowest BCUT2D eigenvalue weighted by molar-refractivity contribution is 0.193. The third kappa shape index (κ3) is 2.82. The van der Waals surface area contributed by atoms with Crippen LogP contribution in [-0.4, -0.2) is 16.3 Å². The predicted molar refractivity (Wildman–Crippen MR) is 85.7 cm³/mol. The van der Waals surface area contributed by atoms with Crippen LogP contribution in [0.3, 0.4) is 0 Å². The first-order valence-corrected chi connectivity index (χ1v) is 7.47. The molecule has 2 atom stereocenters. The van der Waals surface area contributed by atoms with Crippen LogP contribution < -0.4 is 5.32 Å². The molecule has 2 aromatic rings. The zero-order chi connectivity index (χ0) is 15.4. The lowest BCUT2D eigenvalue weighted by Gasteiger charge is -2.18. The first-order valence-electron chi connectivity index (χ1n) is 7.47. The average Bonchev–Trinajstić information content (AvgIpc) is 3.11. The molecule has 2 heterocycles. The van der Waals surface area contributed by atoms with E-state index >= 15 is 0 Å². The van der Waals surface area contributed by atoms with E-state index in [0.29, 0.717) is 0 Å². The summed E-state index contributed by atoms with van der Waals surface area (Å²) >= 11 is 0. The lowest BCUT2D eigenvalue weighted by atomic mass is 10.0. The van der Waals surface area contributed by atoms with Gasteiger partial charge in [-0.15, -0.1) is 0 Å². The van der Waals surface area contributed by atoms with Gasteiger partial charge in [0.25, 0.3) is 0 Å². The zero-order valence-corrected chi connectivity index (χ0v) is 12.3. The summed E-state index contributed by atoms with van der Waals surface area (Å²) in [6.45, 7) is 1.70. The van der Waals surface area contributed by atoms with Crippen LogP contribution in [0.1, 0.15) is 23.0 Å². The summed E-state index contributed by atoms with van der Waals surface area (Å²) in [7, 11) is 0. The van der Waals surface area contributed by atoms with E-state index in [-0.39, 0.29) is 18.6 Å². The Kier molecular flexibility index (Phi) is 4.38. The molecule has 1 aliphatic heterocycles. The highest BCUT2D eigenvalue weighted by Gasteiger charge is 2.32. The Hall–Kier alpha value is -2.35. The van der Waals surface area contributed by atoms with Crippen LogP contribution in [0.2, 0.25) is 0 Å². The van der Waals surface area contributed by atoms with Gasteiger partial charge in [-0.2, -0.15) is 5.26 Å². The van der Waals surface area contributed by atoms with Crippen LogP contribution >= 0.6 is 0 Å². The van der Waals surface area contributed by atoms with Crippen molar-refractivity contribution in [2.75, 3.05) is 6.61 Å². The fourth-order valence-electron chi connectivity index (χ4n) is 3.09. The van der Waals surface area contributed by atoms with Gasteiger partial charge in [0.05, 0.1) is 12.1 Å². The molecule has 0 saturated carbocycles. The molecule has 1 aromatic heterocycles. The zero-order valence-electron chi connectivity index (χ0n) is 12.3. The SMILES string of the molecule is N#C/C=C/c1ccc2n1C[C@@H](CO)[C@H]2NCc1ccccc1. The van der Waals surface area contributed by atoms with Gasteiger partial charge in [-0.3, -0.25) is 0 Å². The predicted octanol–water partition coefficient (Wildman–Crippen LogP) is 2.48. The number of nitriles is 1. The van der Waals surface area contributed by atoms with E-state index in [9.17, 15) is 5.11 Å². The Balaban J connectivity index is 1.78. The molecule has 4 nitrogen and oxygen atoms in total. The molecular formula is C18H19N3O. The molecule has 0 fully saturated rings. The minimum atomic E-state index is 0.134. The van der Waals surface area contributed by atoms with Crippen molar-refractivity contribution in [3.63, 3.8) is 0 Å². The lowest BCUT2D eigenvalue weighted by Crippen LogP contribution is -2.27. The van der Waals surface area contributed by atoms with Gasteiger partial charge in [-0.25, -0.2) is 0 Å². The molecule has 112 valence electrons. The average molecular weight is 293 g/mol. The number of nitrogens with zero attached hydrogens (tertiary/aromatic N) is 2. The number of aliphatic hydroxyl groups excluding tert-OH is 1. The number of allylic oxidation sites excluding steroid dienone is 1. The molecule has 2 N–H and O–H groups in total. The molecule has 4 heteroatoms. The highest BCUT2D eigenvalue weighted by atomic mass is 16.3. The Morgan fingerprint density at radius 3 is 2.82 bits per heavy atom. The van der Waals surface area contributed by atoms with Crippen LogP contribution in [-0.2, 0) is 13.1 Å². The summed E-state index contributed by atoms with van der Waals surface area (Å²) < 4.78 is 2.18. The van der Waals surface area contributed by atoms with Crippen LogP contribution in [0.4, 0.5) is 0 Å². The van der Waals surface area contributed by atoms with Crippen LogP contribution in [0.25, 0.3) is 6.08 Å². The molecule has 0 aliphatic carbocycles. The third-order valence-electron chi connectivity index (χ3n) is 4.19. The van der Waals surface area contributed by atoms with Crippen LogP contribution in [0.5, 0.6) is 0 Å². The number of aromatic nitrogens is 1. The molecule has 0 spiro atoms. The Morgan fingerprint density at radius 1 is 1.27 bits per heavy atom. The maximum Gasteiger partial charge on any atom is 0.0912 e. The molecule has 0 amide bonds. The number of nitrogens with one attached hydrogen (secondary N) is 1. The molecule has 3 rings (SSSR count). The van der Waals surface area contributed by atoms with E-state index in [1.54, 1.807) is 0 Å². The number of aliphatic hydroxyl groups is 1.